The Bertz CT molecular complexity index is 1230. The highest BCUT2D eigenvalue weighted by atomic mass is 35.5. The van der Waals surface area contributed by atoms with Crippen molar-refractivity contribution in [1.82, 2.24) is 0 Å². The zero-order valence-electron chi connectivity index (χ0n) is 16.4. The second-order valence-electron chi connectivity index (χ2n) is 7.38. The van der Waals surface area contributed by atoms with E-state index in [1.54, 1.807) is 6.26 Å². The number of benzene rings is 3. The molecule has 5 nitrogen and oxygen atoms in total. The molecule has 6 heteroatoms. The van der Waals surface area contributed by atoms with Crippen LogP contribution < -0.4 is 10.2 Å². The minimum Gasteiger partial charge on any atom is -0.464 e. The number of carbonyl (C=O) groups is 1. The van der Waals surface area contributed by atoms with Crippen molar-refractivity contribution in [2.75, 3.05) is 36.5 Å². The van der Waals surface area contributed by atoms with E-state index in [9.17, 15) is 4.79 Å². The van der Waals surface area contributed by atoms with Gasteiger partial charge in [-0.3, -0.25) is 4.79 Å². The number of morpholine rings is 1. The molecular weight excluding hydrogens is 400 g/mol. The summed E-state index contributed by atoms with van der Waals surface area (Å²) in [7, 11) is 0. The Morgan fingerprint density at radius 2 is 1.87 bits per heavy atom. The molecule has 1 saturated heterocycles. The molecule has 1 fully saturated rings. The number of nitrogens with one attached hydrogen (secondary N) is 1. The van der Waals surface area contributed by atoms with Gasteiger partial charge >= 0.3 is 0 Å². The van der Waals surface area contributed by atoms with Crippen molar-refractivity contribution in [3.05, 3.63) is 71.4 Å². The number of amides is 1. The minimum atomic E-state index is -0.109. The van der Waals surface area contributed by atoms with Crippen LogP contribution in [-0.4, -0.2) is 32.2 Å². The zero-order chi connectivity index (χ0) is 20.5. The average molecular weight is 421 g/mol. The Labute approximate surface area is 179 Å². The zero-order valence-corrected chi connectivity index (χ0v) is 17.1. The van der Waals surface area contributed by atoms with E-state index in [2.05, 4.69) is 22.3 Å². The van der Waals surface area contributed by atoms with E-state index in [1.807, 2.05) is 42.5 Å². The summed E-state index contributed by atoms with van der Waals surface area (Å²) in [6.07, 6.45) is 1.90. The lowest BCUT2D eigenvalue weighted by Crippen LogP contribution is -2.37. The van der Waals surface area contributed by atoms with Crippen molar-refractivity contribution in [2.45, 2.75) is 6.42 Å². The first-order chi connectivity index (χ1) is 14.7. The molecule has 0 radical (unpaired) electrons. The van der Waals surface area contributed by atoms with Crippen LogP contribution in [0.25, 0.3) is 21.7 Å². The minimum absolute atomic E-state index is 0.109. The van der Waals surface area contributed by atoms with E-state index in [0.717, 1.165) is 46.1 Å². The number of furan rings is 1. The molecule has 30 heavy (non-hydrogen) atoms. The molecule has 0 unspecified atom stereocenters. The van der Waals surface area contributed by atoms with Crippen molar-refractivity contribution < 1.29 is 13.9 Å². The fourth-order valence-electron chi connectivity index (χ4n) is 4.10. The SMILES string of the molecule is O=C(Cc1coc2ccc3ccccc3c12)Nc1cccc(Cl)c1N1CCOCC1. The summed E-state index contributed by atoms with van der Waals surface area (Å²) in [4.78, 5) is 15.1. The lowest BCUT2D eigenvalue weighted by molar-refractivity contribution is -0.115. The first-order valence-electron chi connectivity index (χ1n) is 9.99. The summed E-state index contributed by atoms with van der Waals surface area (Å²) >= 11 is 6.48. The molecule has 1 aliphatic rings. The normalized spacial score (nSPS) is 14.4. The van der Waals surface area contributed by atoms with Crippen LogP contribution in [0.3, 0.4) is 0 Å². The molecule has 152 valence electrons. The van der Waals surface area contributed by atoms with Crippen molar-refractivity contribution in [3.8, 4) is 0 Å². The Morgan fingerprint density at radius 1 is 1.03 bits per heavy atom. The summed E-state index contributed by atoms with van der Waals surface area (Å²) in [5, 5.41) is 6.87. The van der Waals surface area contributed by atoms with Crippen molar-refractivity contribution in [2.24, 2.45) is 0 Å². The number of nitrogens with zero attached hydrogens (tertiary/aromatic N) is 1. The van der Waals surface area contributed by atoms with Crippen LogP contribution in [-0.2, 0) is 16.0 Å². The number of hydrogen-bond donors (Lipinski definition) is 1. The predicted octanol–water partition coefficient (Wildman–Crippen LogP) is 5.26. The maximum Gasteiger partial charge on any atom is 0.228 e. The Kier molecular flexibility index (Phi) is 5.07. The van der Waals surface area contributed by atoms with E-state index >= 15 is 0 Å². The molecule has 4 aromatic rings. The quantitative estimate of drug-likeness (QED) is 0.489. The van der Waals surface area contributed by atoms with Gasteiger partial charge in [0.05, 0.1) is 42.3 Å². The maximum absolute atomic E-state index is 13.0. The Hall–Kier alpha value is -3.02. The number of anilines is 2. The first-order valence-corrected chi connectivity index (χ1v) is 10.4. The van der Waals surface area contributed by atoms with Gasteiger partial charge in [0.1, 0.15) is 5.58 Å². The highest BCUT2D eigenvalue weighted by Gasteiger charge is 2.20. The summed E-state index contributed by atoms with van der Waals surface area (Å²) in [5.41, 5.74) is 3.22. The summed E-state index contributed by atoms with van der Waals surface area (Å²) in [6, 6.07) is 17.7. The maximum atomic E-state index is 13.0. The third-order valence-electron chi connectivity index (χ3n) is 5.48. The van der Waals surface area contributed by atoms with Gasteiger partial charge in [0.2, 0.25) is 5.91 Å². The second kappa shape index (κ2) is 8.01. The summed E-state index contributed by atoms with van der Waals surface area (Å²) in [5.74, 6) is -0.109. The van der Waals surface area contributed by atoms with E-state index in [-0.39, 0.29) is 12.3 Å². The number of carbonyl (C=O) groups excluding carboxylic acids is 1. The van der Waals surface area contributed by atoms with Gasteiger partial charge in [-0.15, -0.1) is 0 Å². The third-order valence-corrected chi connectivity index (χ3v) is 5.78. The van der Waals surface area contributed by atoms with Gasteiger partial charge in [0.25, 0.3) is 0 Å². The number of fused-ring (bicyclic) bond motifs is 3. The van der Waals surface area contributed by atoms with Gasteiger partial charge in [-0.25, -0.2) is 0 Å². The molecule has 5 rings (SSSR count). The number of halogens is 1. The van der Waals surface area contributed by atoms with Crippen LogP contribution in [0.15, 0.2) is 65.3 Å². The van der Waals surface area contributed by atoms with Crippen molar-refractivity contribution in [3.63, 3.8) is 0 Å². The van der Waals surface area contributed by atoms with Crippen LogP contribution >= 0.6 is 11.6 Å². The molecular formula is C24H21ClN2O3. The standard InChI is InChI=1S/C24H21ClN2O3/c25-19-6-3-7-20(24(19)27-10-12-29-13-11-27)26-22(28)14-17-15-30-21-9-8-16-4-1-2-5-18(16)23(17)21/h1-9,15H,10-14H2,(H,26,28). The van der Waals surface area contributed by atoms with Crippen LogP contribution in [0.2, 0.25) is 5.02 Å². The fraction of sp³-hybridized carbons (Fsp3) is 0.208. The average Bonchev–Trinajstić information content (AvgIpc) is 3.17. The highest BCUT2D eigenvalue weighted by Crippen LogP contribution is 2.35. The number of hydrogen-bond acceptors (Lipinski definition) is 4. The van der Waals surface area contributed by atoms with E-state index in [4.69, 9.17) is 20.8 Å². The second-order valence-corrected chi connectivity index (χ2v) is 7.79. The monoisotopic (exact) mass is 420 g/mol. The largest absolute Gasteiger partial charge is 0.464 e. The van der Waals surface area contributed by atoms with Gasteiger partial charge < -0.3 is 19.4 Å². The van der Waals surface area contributed by atoms with Crippen LogP contribution in [0.4, 0.5) is 11.4 Å². The highest BCUT2D eigenvalue weighted by molar-refractivity contribution is 6.34. The topological polar surface area (TPSA) is 54.7 Å². The number of ether oxygens (including phenoxy) is 1. The van der Waals surface area contributed by atoms with Gasteiger partial charge in [-0.1, -0.05) is 48.0 Å². The Balaban J connectivity index is 1.44. The molecule has 1 aliphatic heterocycles. The van der Waals surface area contributed by atoms with Crippen molar-refractivity contribution in [1.29, 1.82) is 0 Å². The predicted molar refractivity (Wildman–Crippen MR) is 121 cm³/mol. The number of rotatable bonds is 4. The molecule has 1 N–H and O–H groups in total. The van der Waals surface area contributed by atoms with Gasteiger partial charge in [0.15, 0.2) is 0 Å². The lowest BCUT2D eigenvalue weighted by Gasteiger charge is -2.31. The van der Waals surface area contributed by atoms with Gasteiger partial charge in [-0.2, -0.15) is 0 Å². The van der Waals surface area contributed by atoms with Crippen LogP contribution in [0.1, 0.15) is 5.56 Å². The van der Waals surface area contributed by atoms with Crippen molar-refractivity contribution >= 4 is 50.6 Å². The van der Waals surface area contributed by atoms with E-state index < -0.39 is 0 Å². The van der Waals surface area contributed by atoms with Crippen LogP contribution in [0, 0.1) is 0 Å². The molecule has 0 bridgehead atoms. The molecule has 2 heterocycles. The first kappa shape index (κ1) is 19.0. The molecule has 0 atom stereocenters. The third kappa shape index (κ3) is 3.51. The summed E-state index contributed by atoms with van der Waals surface area (Å²) < 4.78 is 11.2. The smallest absolute Gasteiger partial charge is 0.228 e. The molecule has 0 aliphatic carbocycles. The van der Waals surface area contributed by atoms with Gasteiger partial charge in [0, 0.05) is 24.0 Å². The fourth-order valence-corrected chi connectivity index (χ4v) is 4.39. The molecule has 3 aromatic carbocycles. The lowest BCUT2D eigenvalue weighted by atomic mass is 10.0. The van der Waals surface area contributed by atoms with E-state index in [0.29, 0.717) is 23.9 Å². The van der Waals surface area contributed by atoms with Crippen LogP contribution in [0.5, 0.6) is 0 Å². The summed E-state index contributed by atoms with van der Waals surface area (Å²) in [6.45, 7) is 2.77. The molecule has 0 saturated carbocycles. The molecule has 0 spiro atoms. The number of para-hydroxylation sites is 1. The molecule has 1 aromatic heterocycles. The Morgan fingerprint density at radius 3 is 2.73 bits per heavy atom. The molecule has 1 amide bonds. The van der Waals surface area contributed by atoms with Gasteiger partial charge in [-0.05, 0) is 29.0 Å². The van der Waals surface area contributed by atoms with E-state index in [1.165, 1.54) is 0 Å².